The molecular formula is C10H12N2O2S. The highest BCUT2D eigenvalue weighted by molar-refractivity contribution is 7.15. The number of aryl methyl sites for hydroxylation is 1. The van der Waals surface area contributed by atoms with E-state index in [0.29, 0.717) is 19.4 Å². The van der Waals surface area contributed by atoms with Crippen molar-refractivity contribution >= 4 is 22.3 Å². The SMILES string of the molecule is CCOC(=O)CCc1csc2nccn12. The van der Waals surface area contributed by atoms with Crippen LogP contribution in [0.1, 0.15) is 19.0 Å². The molecule has 0 spiro atoms. The molecule has 2 rings (SSSR count). The molecule has 0 aliphatic carbocycles. The molecule has 0 atom stereocenters. The van der Waals surface area contributed by atoms with Crippen LogP contribution in [0.4, 0.5) is 0 Å². The first-order valence-electron chi connectivity index (χ1n) is 4.86. The maximum atomic E-state index is 11.2. The number of aromatic nitrogens is 2. The number of carbonyl (C=O) groups excluding carboxylic acids is 1. The summed E-state index contributed by atoms with van der Waals surface area (Å²) < 4.78 is 6.88. The number of carbonyl (C=O) groups is 1. The fourth-order valence-corrected chi connectivity index (χ4v) is 2.30. The maximum absolute atomic E-state index is 11.2. The van der Waals surface area contributed by atoms with Gasteiger partial charge in [-0.3, -0.25) is 9.20 Å². The van der Waals surface area contributed by atoms with Gasteiger partial charge in [0.25, 0.3) is 0 Å². The molecule has 0 N–H and O–H groups in total. The number of ether oxygens (including phenoxy) is 1. The lowest BCUT2D eigenvalue weighted by Crippen LogP contribution is -2.05. The van der Waals surface area contributed by atoms with Crippen molar-refractivity contribution < 1.29 is 9.53 Å². The van der Waals surface area contributed by atoms with Crippen LogP contribution in [-0.2, 0) is 16.0 Å². The third kappa shape index (κ3) is 2.18. The van der Waals surface area contributed by atoms with Crippen LogP contribution in [0.3, 0.4) is 0 Å². The standard InChI is InChI=1S/C10H12N2O2S/c1-2-14-9(13)4-3-8-7-15-10-11-5-6-12(8)10/h5-7H,2-4H2,1H3. The fraction of sp³-hybridized carbons (Fsp3) is 0.400. The number of fused-ring (bicyclic) bond motifs is 1. The Morgan fingerprint density at radius 1 is 1.67 bits per heavy atom. The zero-order valence-corrected chi connectivity index (χ0v) is 9.29. The van der Waals surface area contributed by atoms with Crippen LogP contribution in [0, 0.1) is 0 Å². The van der Waals surface area contributed by atoms with Gasteiger partial charge in [0.05, 0.1) is 13.0 Å². The van der Waals surface area contributed by atoms with Crippen LogP contribution >= 0.6 is 11.3 Å². The Kier molecular flexibility index (Phi) is 3.01. The molecule has 2 aromatic heterocycles. The number of esters is 1. The van der Waals surface area contributed by atoms with E-state index in [0.717, 1.165) is 10.7 Å². The second-order valence-electron chi connectivity index (χ2n) is 3.11. The topological polar surface area (TPSA) is 43.6 Å². The number of nitrogens with zero attached hydrogens (tertiary/aromatic N) is 2. The molecule has 0 unspecified atom stereocenters. The summed E-state index contributed by atoms with van der Waals surface area (Å²) >= 11 is 1.59. The highest BCUT2D eigenvalue weighted by Gasteiger charge is 2.07. The van der Waals surface area contributed by atoms with E-state index in [4.69, 9.17) is 4.74 Å². The predicted molar refractivity (Wildman–Crippen MR) is 58.0 cm³/mol. The lowest BCUT2D eigenvalue weighted by molar-refractivity contribution is -0.143. The van der Waals surface area contributed by atoms with Gasteiger partial charge < -0.3 is 4.74 Å². The van der Waals surface area contributed by atoms with E-state index in [1.54, 1.807) is 17.5 Å². The zero-order valence-electron chi connectivity index (χ0n) is 8.47. The van der Waals surface area contributed by atoms with Crippen molar-refractivity contribution in [2.75, 3.05) is 6.61 Å². The lowest BCUT2D eigenvalue weighted by Gasteiger charge is -2.00. The van der Waals surface area contributed by atoms with Crippen molar-refractivity contribution in [3.8, 4) is 0 Å². The minimum absolute atomic E-state index is 0.142. The Morgan fingerprint density at radius 2 is 2.53 bits per heavy atom. The molecule has 2 heterocycles. The first-order chi connectivity index (χ1) is 7.31. The van der Waals surface area contributed by atoms with E-state index in [1.807, 2.05) is 22.9 Å². The van der Waals surface area contributed by atoms with Crippen molar-refractivity contribution in [2.45, 2.75) is 19.8 Å². The Balaban J connectivity index is 2.00. The number of thiazole rings is 1. The highest BCUT2D eigenvalue weighted by Crippen LogP contribution is 2.15. The van der Waals surface area contributed by atoms with Gasteiger partial charge in [-0.1, -0.05) is 0 Å². The van der Waals surface area contributed by atoms with Crippen molar-refractivity contribution in [2.24, 2.45) is 0 Å². The average molecular weight is 224 g/mol. The van der Waals surface area contributed by atoms with Gasteiger partial charge in [-0.2, -0.15) is 0 Å². The lowest BCUT2D eigenvalue weighted by atomic mass is 10.2. The van der Waals surface area contributed by atoms with Gasteiger partial charge in [0, 0.05) is 23.5 Å². The Morgan fingerprint density at radius 3 is 3.33 bits per heavy atom. The summed E-state index contributed by atoms with van der Waals surface area (Å²) in [5.41, 5.74) is 1.11. The largest absolute Gasteiger partial charge is 0.466 e. The quantitative estimate of drug-likeness (QED) is 0.745. The smallest absolute Gasteiger partial charge is 0.306 e. The number of rotatable bonds is 4. The Hall–Kier alpha value is -1.36. The van der Waals surface area contributed by atoms with Gasteiger partial charge in [0.2, 0.25) is 0 Å². The van der Waals surface area contributed by atoms with Gasteiger partial charge in [-0.15, -0.1) is 11.3 Å². The molecule has 0 bridgehead atoms. The maximum Gasteiger partial charge on any atom is 0.306 e. The summed E-state index contributed by atoms with van der Waals surface area (Å²) in [4.78, 5) is 16.3. The third-order valence-electron chi connectivity index (χ3n) is 2.11. The summed E-state index contributed by atoms with van der Waals surface area (Å²) in [5.74, 6) is -0.142. The summed E-state index contributed by atoms with van der Waals surface area (Å²) in [6.07, 6.45) is 4.80. The van der Waals surface area contributed by atoms with E-state index in [-0.39, 0.29) is 5.97 Å². The number of hydrogen-bond acceptors (Lipinski definition) is 4. The van der Waals surface area contributed by atoms with E-state index < -0.39 is 0 Å². The van der Waals surface area contributed by atoms with E-state index in [9.17, 15) is 4.79 Å². The third-order valence-corrected chi connectivity index (χ3v) is 3.01. The normalized spacial score (nSPS) is 10.7. The van der Waals surface area contributed by atoms with E-state index >= 15 is 0 Å². The van der Waals surface area contributed by atoms with E-state index in [2.05, 4.69) is 4.98 Å². The minimum atomic E-state index is -0.142. The first-order valence-corrected chi connectivity index (χ1v) is 5.74. The second kappa shape index (κ2) is 4.44. The molecule has 0 radical (unpaired) electrons. The molecule has 15 heavy (non-hydrogen) atoms. The molecule has 0 saturated carbocycles. The van der Waals surface area contributed by atoms with Gasteiger partial charge >= 0.3 is 5.97 Å². The van der Waals surface area contributed by atoms with Gasteiger partial charge in [0.1, 0.15) is 0 Å². The van der Waals surface area contributed by atoms with Crippen molar-refractivity contribution in [3.63, 3.8) is 0 Å². The first kappa shape index (κ1) is 10.2. The van der Waals surface area contributed by atoms with Crippen molar-refractivity contribution in [3.05, 3.63) is 23.5 Å². The Bertz CT molecular complexity index is 461. The fourth-order valence-electron chi connectivity index (χ4n) is 1.42. The summed E-state index contributed by atoms with van der Waals surface area (Å²) in [6.45, 7) is 2.26. The summed E-state index contributed by atoms with van der Waals surface area (Å²) in [6, 6.07) is 0. The molecule has 0 fully saturated rings. The molecule has 0 aromatic carbocycles. The van der Waals surface area contributed by atoms with Crippen LogP contribution in [0.5, 0.6) is 0 Å². The number of imidazole rings is 1. The highest BCUT2D eigenvalue weighted by atomic mass is 32.1. The van der Waals surface area contributed by atoms with Crippen molar-refractivity contribution in [1.29, 1.82) is 0 Å². The molecule has 80 valence electrons. The van der Waals surface area contributed by atoms with Gasteiger partial charge in [-0.25, -0.2) is 4.98 Å². The van der Waals surface area contributed by atoms with Crippen LogP contribution in [0.2, 0.25) is 0 Å². The van der Waals surface area contributed by atoms with Crippen LogP contribution < -0.4 is 0 Å². The minimum Gasteiger partial charge on any atom is -0.466 e. The van der Waals surface area contributed by atoms with Crippen LogP contribution in [0.25, 0.3) is 4.96 Å². The molecule has 4 nitrogen and oxygen atoms in total. The molecular weight excluding hydrogens is 212 g/mol. The molecule has 0 aliphatic heterocycles. The van der Waals surface area contributed by atoms with Gasteiger partial charge in [-0.05, 0) is 13.3 Å². The monoisotopic (exact) mass is 224 g/mol. The number of hydrogen-bond donors (Lipinski definition) is 0. The van der Waals surface area contributed by atoms with E-state index in [1.165, 1.54) is 0 Å². The summed E-state index contributed by atoms with van der Waals surface area (Å²) in [7, 11) is 0. The molecule has 0 aliphatic rings. The predicted octanol–water partition coefficient (Wildman–Crippen LogP) is 1.89. The Labute approximate surface area is 91.5 Å². The molecule has 2 aromatic rings. The van der Waals surface area contributed by atoms with Crippen LogP contribution in [-0.4, -0.2) is 22.0 Å². The van der Waals surface area contributed by atoms with Crippen LogP contribution in [0.15, 0.2) is 17.8 Å². The molecule has 5 heteroatoms. The second-order valence-corrected chi connectivity index (χ2v) is 3.95. The van der Waals surface area contributed by atoms with Gasteiger partial charge in [0.15, 0.2) is 4.96 Å². The zero-order chi connectivity index (χ0) is 10.7. The summed E-state index contributed by atoms with van der Waals surface area (Å²) in [5, 5.41) is 2.03. The average Bonchev–Trinajstić information content (AvgIpc) is 2.77. The molecule has 0 saturated heterocycles. The van der Waals surface area contributed by atoms with Crippen molar-refractivity contribution in [1.82, 2.24) is 9.38 Å². The molecule has 0 amide bonds.